The predicted octanol–water partition coefficient (Wildman–Crippen LogP) is 2.43. The molecule has 6 nitrogen and oxygen atoms in total. The molecule has 150 valence electrons. The Bertz CT molecular complexity index is 857. The molecule has 4 rings (SSSR count). The summed E-state index contributed by atoms with van der Waals surface area (Å²) in [7, 11) is 1.78. The summed E-state index contributed by atoms with van der Waals surface area (Å²) in [4.78, 5) is 18.8. The van der Waals surface area contributed by atoms with E-state index in [2.05, 4.69) is 15.0 Å². The number of halogens is 3. The second-order valence-corrected chi connectivity index (χ2v) is 7.46. The minimum Gasteiger partial charge on any atom is -0.406 e. The van der Waals surface area contributed by atoms with Crippen LogP contribution < -0.4 is 10.1 Å². The predicted molar refractivity (Wildman–Crippen MR) is 94.4 cm³/mol. The summed E-state index contributed by atoms with van der Waals surface area (Å²) in [5.41, 5.74) is 0.907. The topological polar surface area (TPSA) is 59.4 Å². The molecular formula is C19H21F3N4O2. The molecule has 0 spiro atoms. The zero-order valence-corrected chi connectivity index (χ0v) is 15.3. The van der Waals surface area contributed by atoms with E-state index >= 15 is 0 Å². The van der Waals surface area contributed by atoms with Gasteiger partial charge in [0.2, 0.25) is 0 Å². The Balaban J connectivity index is 1.52. The van der Waals surface area contributed by atoms with Crippen LogP contribution in [0.25, 0.3) is 0 Å². The van der Waals surface area contributed by atoms with Crippen LogP contribution in [0.3, 0.4) is 0 Å². The largest absolute Gasteiger partial charge is 0.573 e. The van der Waals surface area contributed by atoms with Crippen molar-refractivity contribution in [2.24, 2.45) is 24.8 Å². The molecule has 1 aliphatic carbocycles. The molecule has 9 heteroatoms. The summed E-state index contributed by atoms with van der Waals surface area (Å²) in [5.74, 6) is 1.05. The van der Waals surface area contributed by atoms with E-state index in [1.807, 2.05) is 0 Å². The third kappa shape index (κ3) is 4.14. The van der Waals surface area contributed by atoms with Crippen LogP contribution in [0.4, 0.5) is 13.2 Å². The van der Waals surface area contributed by atoms with Gasteiger partial charge in [-0.25, -0.2) is 4.98 Å². The summed E-state index contributed by atoms with van der Waals surface area (Å²) in [6.07, 6.45) is -1.55. The molecule has 1 aliphatic heterocycles. The lowest BCUT2D eigenvalue weighted by molar-refractivity contribution is -0.274. The van der Waals surface area contributed by atoms with Crippen molar-refractivity contribution in [3.8, 4) is 5.75 Å². The van der Waals surface area contributed by atoms with Crippen LogP contribution in [-0.4, -0.2) is 46.4 Å². The van der Waals surface area contributed by atoms with Crippen molar-refractivity contribution in [1.82, 2.24) is 19.8 Å². The number of hydrogen-bond acceptors (Lipinski definition) is 4. The Morgan fingerprint density at radius 2 is 2.11 bits per heavy atom. The third-order valence-electron chi connectivity index (χ3n) is 5.42. The molecule has 0 bridgehead atoms. The number of aromatic nitrogens is 2. The smallest absolute Gasteiger partial charge is 0.406 e. The maximum Gasteiger partial charge on any atom is 0.573 e. The van der Waals surface area contributed by atoms with E-state index in [0.717, 1.165) is 13.1 Å². The molecule has 3 atom stereocenters. The van der Waals surface area contributed by atoms with Gasteiger partial charge in [0.15, 0.2) is 0 Å². The number of hydrogen-bond donors (Lipinski definition) is 1. The van der Waals surface area contributed by atoms with E-state index in [0.29, 0.717) is 35.6 Å². The van der Waals surface area contributed by atoms with Crippen molar-refractivity contribution in [2.75, 3.05) is 19.6 Å². The zero-order chi connectivity index (χ0) is 19.9. The van der Waals surface area contributed by atoms with Crippen LogP contribution in [-0.2, 0) is 13.6 Å². The van der Waals surface area contributed by atoms with Crippen LogP contribution in [0.2, 0.25) is 0 Å². The molecule has 1 saturated heterocycles. The molecule has 1 aromatic carbocycles. The lowest BCUT2D eigenvalue weighted by Crippen LogP contribution is -2.34. The minimum absolute atomic E-state index is 0.202. The van der Waals surface area contributed by atoms with Gasteiger partial charge in [-0.1, -0.05) is 12.1 Å². The molecule has 0 radical (unpaired) electrons. The van der Waals surface area contributed by atoms with Crippen LogP contribution in [0.15, 0.2) is 36.8 Å². The average molecular weight is 394 g/mol. The molecule has 1 saturated carbocycles. The fourth-order valence-corrected chi connectivity index (χ4v) is 4.04. The Morgan fingerprint density at radius 3 is 2.75 bits per heavy atom. The number of piperidine rings is 1. The number of fused-ring (bicyclic) bond motifs is 1. The van der Waals surface area contributed by atoms with Crippen LogP contribution in [0, 0.1) is 17.8 Å². The van der Waals surface area contributed by atoms with E-state index in [9.17, 15) is 18.0 Å². The third-order valence-corrected chi connectivity index (χ3v) is 5.42. The molecule has 2 fully saturated rings. The summed E-state index contributed by atoms with van der Waals surface area (Å²) < 4.78 is 43.2. The number of ether oxygens (including phenoxy) is 1. The fraction of sp³-hybridized carbons (Fsp3) is 0.474. The number of imidazole rings is 1. The van der Waals surface area contributed by atoms with Gasteiger partial charge in [0.1, 0.15) is 11.4 Å². The molecule has 2 aromatic rings. The van der Waals surface area contributed by atoms with E-state index in [1.54, 1.807) is 35.1 Å². The highest BCUT2D eigenvalue weighted by Gasteiger charge is 2.53. The van der Waals surface area contributed by atoms with Crippen molar-refractivity contribution in [2.45, 2.75) is 12.9 Å². The zero-order valence-electron chi connectivity index (χ0n) is 15.3. The Hall–Kier alpha value is -2.55. The van der Waals surface area contributed by atoms with Crippen LogP contribution >= 0.6 is 0 Å². The van der Waals surface area contributed by atoms with E-state index in [1.165, 1.54) is 18.2 Å². The molecule has 28 heavy (non-hydrogen) atoms. The van der Waals surface area contributed by atoms with Gasteiger partial charge in [-0.2, -0.15) is 0 Å². The Kier molecular flexibility index (Phi) is 4.78. The summed E-state index contributed by atoms with van der Waals surface area (Å²) in [6, 6.07) is 5.76. The first-order chi connectivity index (χ1) is 13.3. The highest BCUT2D eigenvalue weighted by Crippen LogP contribution is 2.49. The highest BCUT2D eigenvalue weighted by molar-refractivity contribution is 5.92. The molecule has 2 aliphatic rings. The van der Waals surface area contributed by atoms with Gasteiger partial charge in [-0.15, -0.1) is 13.2 Å². The first-order valence-corrected chi connectivity index (χ1v) is 9.13. The van der Waals surface area contributed by atoms with Gasteiger partial charge in [0, 0.05) is 26.3 Å². The second kappa shape index (κ2) is 7.12. The average Bonchev–Trinajstić information content (AvgIpc) is 2.99. The number of amides is 1. The number of carbonyl (C=O) groups excluding carboxylic acids is 1. The minimum atomic E-state index is -4.75. The first-order valence-electron chi connectivity index (χ1n) is 9.13. The SMILES string of the molecule is Cn1cnc(C(=O)N(Cc2cccc(OC(F)(F)F)c2)CC2[C@H]3CNC[C@@H]23)c1. The molecule has 1 N–H and O–H groups in total. The van der Waals surface area contributed by atoms with E-state index < -0.39 is 6.36 Å². The number of benzene rings is 1. The standard InChI is InChI=1S/C19H21F3N4O2/c1-25-10-17(24-11-25)18(27)26(9-16-14-6-23-7-15(14)16)8-12-3-2-4-13(5-12)28-19(20,21)22/h2-5,10-11,14-16,23H,6-9H2,1H3/t14-,15+,16?. The number of aryl methyl sites for hydroxylation is 1. The maximum absolute atomic E-state index is 13.0. The van der Waals surface area contributed by atoms with Crippen LogP contribution in [0.5, 0.6) is 5.75 Å². The van der Waals surface area contributed by atoms with Crippen molar-refractivity contribution in [3.05, 3.63) is 48.0 Å². The Morgan fingerprint density at radius 1 is 1.36 bits per heavy atom. The fourth-order valence-electron chi connectivity index (χ4n) is 4.04. The van der Waals surface area contributed by atoms with Crippen LogP contribution in [0.1, 0.15) is 16.1 Å². The quantitative estimate of drug-likeness (QED) is 0.818. The summed E-state index contributed by atoms with van der Waals surface area (Å²) in [6.45, 7) is 2.68. The van der Waals surface area contributed by atoms with Crippen molar-refractivity contribution in [3.63, 3.8) is 0 Å². The maximum atomic E-state index is 13.0. The van der Waals surface area contributed by atoms with E-state index in [-0.39, 0.29) is 18.2 Å². The molecule has 1 amide bonds. The van der Waals surface area contributed by atoms with Gasteiger partial charge in [-0.3, -0.25) is 4.79 Å². The molecular weight excluding hydrogens is 373 g/mol. The van der Waals surface area contributed by atoms with Gasteiger partial charge < -0.3 is 19.5 Å². The van der Waals surface area contributed by atoms with Gasteiger partial charge in [-0.05, 0) is 48.5 Å². The molecule has 2 heterocycles. The number of rotatable bonds is 6. The van der Waals surface area contributed by atoms with Crippen molar-refractivity contribution >= 4 is 5.91 Å². The summed E-state index contributed by atoms with van der Waals surface area (Å²) >= 11 is 0. The monoisotopic (exact) mass is 394 g/mol. The van der Waals surface area contributed by atoms with Gasteiger partial charge >= 0.3 is 6.36 Å². The Labute approximate surface area is 160 Å². The molecule has 1 aromatic heterocycles. The number of alkyl halides is 3. The number of nitrogens with one attached hydrogen (secondary N) is 1. The van der Waals surface area contributed by atoms with Crippen molar-refractivity contribution in [1.29, 1.82) is 0 Å². The van der Waals surface area contributed by atoms with Crippen molar-refractivity contribution < 1.29 is 22.7 Å². The number of nitrogens with zero attached hydrogens (tertiary/aromatic N) is 3. The second-order valence-electron chi connectivity index (χ2n) is 7.46. The lowest BCUT2D eigenvalue weighted by atomic mass is 10.1. The normalized spacial score (nSPS) is 23.4. The number of carbonyl (C=O) groups is 1. The first kappa shape index (κ1) is 18.8. The van der Waals surface area contributed by atoms with Gasteiger partial charge in [0.25, 0.3) is 5.91 Å². The van der Waals surface area contributed by atoms with E-state index in [4.69, 9.17) is 0 Å². The highest BCUT2D eigenvalue weighted by atomic mass is 19.4. The summed E-state index contributed by atoms with van der Waals surface area (Å²) in [5, 5.41) is 3.33. The van der Waals surface area contributed by atoms with Gasteiger partial charge in [0.05, 0.1) is 6.33 Å². The molecule has 1 unspecified atom stereocenters. The lowest BCUT2D eigenvalue weighted by Gasteiger charge is -2.23.